The Balaban J connectivity index is 1.63. The average molecular weight is 633 g/mol. The van der Waals surface area contributed by atoms with Crippen LogP contribution in [-0.4, -0.2) is 73.2 Å². The van der Waals surface area contributed by atoms with Crippen LogP contribution >= 0.6 is 23.4 Å². The van der Waals surface area contributed by atoms with Gasteiger partial charge in [0.2, 0.25) is 11.8 Å². The highest BCUT2D eigenvalue weighted by atomic mass is 35.5. The zero-order valence-corrected chi connectivity index (χ0v) is 26.4. The van der Waals surface area contributed by atoms with Crippen molar-refractivity contribution in [2.24, 2.45) is 0 Å². The van der Waals surface area contributed by atoms with Gasteiger partial charge in [0.15, 0.2) is 0 Å². The number of aromatic nitrogens is 2. The Morgan fingerprint density at radius 1 is 0.932 bits per heavy atom. The van der Waals surface area contributed by atoms with Crippen molar-refractivity contribution in [3.05, 3.63) is 82.9 Å². The van der Waals surface area contributed by atoms with Crippen LogP contribution in [0.3, 0.4) is 0 Å². The van der Waals surface area contributed by atoms with Gasteiger partial charge >= 0.3 is 0 Å². The molecule has 4 aromatic rings. The van der Waals surface area contributed by atoms with Crippen molar-refractivity contribution in [1.29, 1.82) is 0 Å². The van der Waals surface area contributed by atoms with Gasteiger partial charge in [-0.3, -0.25) is 14.5 Å². The molecule has 0 unspecified atom stereocenters. The van der Waals surface area contributed by atoms with Gasteiger partial charge in [0, 0.05) is 34.8 Å². The predicted octanol–water partition coefficient (Wildman–Crippen LogP) is 6.01. The van der Waals surface area contributed by atoms with Crippen molar-refractivity contribution in [1.82, 2.24) is 14.7 Å². The number of hydrogen-bond donors (Lipinski definition) is 0. The van der Waals surface area contributed by atoms with Gasteiger partial charge in [-0.25, -0.2) is 4.68 Å². The summed E-state index contributed by atoms with van der Waals surface area (Å²) in [6.45, 7) is 1.30. The number of hydrogen-bond acceptors (Lipinski definition) is 7. The molecular formula is C33H33ClN4O5S. The van der Waals surface area contributed by atoms with Crippen LogP contribution in [0.1, 0.15) is 29.2 Å². The molecule has 1 saturated heterocycles. The first-order chi connectivity index (χ1) is 21.4. The Hall–Kier alpha value is -4.15. The van der Waals surface area contributed by atoms with E-state index >= 15 is 0 Å². The molecule has 6 rings (SSSR count). The summed E-state index contributed by atoms with van der Waals surface area (Å²) in [5.74, 6) is 2.44. The number of rotatable bonds is 8. The SMILES string of the molecule is COc1ccc(-n2nc(-c3ccc(Cl)cc3)c3c2N(CC(=O)N2CCCC2)C(=O)CS[C@H]3c2cc(OC)ccc2OC)cc1. The van der Waals surface area contributed by atoms with Crippen molar-refractivity contribution in [3.8, 4) is 34.2 Å². The molecule has 1 atom stereocenters. The summed E-state index contributed by atoms with van der Waals surface area (Å²) < 4.78 is 18.6. The first-order valence-electron chi connectivity index (χ1n) is 14.4. The van der Waals surface area contributed by atoms with E-state index in [1.165, 1.54) is 11.8 Å². The maximum absolute atomic E-state index is 14.1. The van der Waals surface area contributed by atoms with E-state index < -0.39 is 0 Å². The molecule has 0 N–H and O–H groups in total. The first kappa shape index (κ1) is 29.9. The lowest BCUT2D eigenvalue weighted by Gasteiger charge is -2.26. The number of halogens is 1. The molecule has 1 aromatic heterocycles. The molecule has 0 saturated carbocycles. The molecule has 11 heteroatoms. The molecule has 228 valence electrons. The van der Waals surface area contributed by atoms with Crippen LogP contribution in [-0.2, 0) is 9.59 Å². The standard InChI is InChI=1S/C33H33ClN4O5S/c1-41-24-12-10-23(11-13-24)38-33-30(31(35-38)21-6-8-22(34)9-7-21)32(26-18-25(42-2)14-15-27(26)43-3)44-20-29(40)37(33)19-28(39)36-16-4-5-17-36/h6-15,18,32H,4-5,16-17,19-20H2,1-3H3/t32-/m0/s1. The molecule has 0 bridgehead atoms. The van der Waals surface area contributed by atoms with Gasteiger partial charge < -0.3 is 19.1 Å². The number of benzene rings is 3. The van der Waals surface area contributed by atoms with Gasteiger partial charge in [0.1, 0.15) is 29.6 Å². The molecule has 2 amide bonds. The summed E-state index contributed by atoms with van der Waals surface area (Å²) >= 11 is 7.77. The van der Waals surface area contributed by atoms with Crippen molar-refractivity contribution in [2.45, 2.75) is 18.1 Å². The highest BCUT2D eigenvalue weighted by Gasteiger charge is 2.39. The maximum atomic E-state index is 14.1. The van der Waals surface area contributed by atoms with Gasteiger partial charge in [-0.1, -0.05) is 23.7 Å². The number of ether oxygens (including phenoxy) is 3. The number of carbonyl (C=O) groups is 2. The smallest absolute Gasteiger partial charge is 0.242 e. The highest BCUT2D eigenvalue weighted by Crippen LogP contribution is 2.51. The Morgan fingerprint density at radius 3 is 2.27 bits per heavy atom. The third-order valence-electron chi connectivity index (χ3n) is 8.00. The average Bonchev–Trinajstić information content (AvgIpc) is 3.71. The van der Waals surface area contributed by atoms with Crippen molar-refractivity contribution in [3.63, 3.8) is 0 Å². The van der Waals surface area contributed by atoms with Gasteiger partial charge in [-0.2, -0.15) is 5.10 Å². The van der Waals surface area contributed by atoms with E-state index in [0.717, 1.165) is 35.2 Å². The summed E-state index contributed by atoms with van der Waals surface area (Å²) in [5, 5.41) is 5.37. The molecule has 2 aliphatic rings. The summed E-state index contributed by atoms with van der Waals surface area (Å²) in [6.07, 6.45) is 1.92. The Kier molecular flexibility index (Phi) is 8.72. The molecule has 3 heterocycles. The third-order valence-corrected chi connectivity index (χ3v) is 9.48. The molecule has 0 spiro atoms. The monoisotopic (exact) mass is 632 g/mol. The molecule has 9 nitrogen and oxygen atoms in total. The molecular weight excluding hydrogens is 600 g/mol. The van der Waals surface area contributed by atoms with E-state index in [-0.39, 0.29) is 29.4 Å². The minimum absolute atomic E-state index is 0.0836. The second-order valence-electron chi connectivity index (χ2n) is 10.6. The van der Waals surface area contributed by atoms with Crippen molar-refractivity contribution in [2.75, 3.05) is 51.6 Å². The van der Waals surface area contributed by atoms with E-state index in [0.29, 0.717) is 46.9 Å². The van der Waals surface area contributed by atoms with E-state index in [4.69, 9.17) is 30.9 Å². The van der Waals surface area contributed by atoms with Gasteiger partial charge in [0.05, 0.1) is 43.7 Å². The van der Waals surface area contributed by atoms with Crippen LogP contribution in [0.15, 0.2) is 66.7 Å². The number of amides is 2. The minimum Gasteiger partial charge on any atom is -0.497 e. The Morgan fingerprint density at radius 2 is 1.61 bits per heavy atom. The fourth-order valence-electron chi connectivity index (χ4n) is 5.74. The lowest BCUT2D eigenvalue weighted by atomic mass is 9.98. The minimum atomic E-state index is -0.386. The zero-order valence-electron chi connectivity index (χ0n) is 24.8. The molecule has 0 radical (unpaired) electrons. The number of anilines is 1. The van der Waals surface area contributed by atoms with Crippen LogP contribution in [0.2, 0.25) is 5.02 Å². The number of thioether (sulfide) groups is 1. The van der Waals surface area contributed by atoms with Gasteiger partial charge in [-0.15, -0.1) is 11.8 Å². The van der Waals surface area contributed by atoms with Crippen LogP contribution in [0.4, 0.5) is 5.82 Å². The molecule has 2 aliphatic heterocycles. The quantitative estimate of drug-likeness (QED) is 0.235. The number of carbonyl (C=O) groups excluding carboxylic acids is 2. The Labute approximate surface area is 265 Å². The van der Waals surface area contributed by atoms with E-state index in [1.807, 2.05) is 71.6 Å². The van der Waals surface area contributed by atoms with Gasteiger partial charge in [-0.05, 0) is 67.4 Å². The van der Waals surface area contributed by atoms with Crippen molar-refractivity contribution >= 4 is 41.0 Å². The molecule has 3 aromatic carbocycles. The predicted molar refractivity (Wildman–Crippen MR) is 173 cm³/mol. The van der Waals surface area contributed by atoms with E-state index in [2.05, 4.69) is 0 Å². The number of likely N-dealkylation sites (tertiary alicyclic amines) is 1. The number of nitrogens with zero attached hydrogens (tertiary/aromatic N) is 4. The van der Waals surface area contributed by atoms with Crippen LogP contribution < -0.4 is 19.1 Å². The maximum Gasteiger partial charge on any atom is 0.242 e. The summed E-state index contributed by atoms with van der Waals surface area (Å²) in [5.41, 5.74) is 3.84. The zero-order chi connectivity index (χ0) is 30.8. The molecule has 44 heavy (non-hydrogen) atoms. The second kappa shape index (κ2) is 12.8. The highest BCUT2D eigenvalue weighted by molar-refractivity contribution is 8.00. The second-order valence-corrected chi connectivity index (χ2v) is 12.1. The van der Waals surface area contributed by atoms with Crippen LogP contribution in [0.25, 0.3) is 16.9 Å². The summed E-state index contributed by atoms with van der Waals surface area (Å²) in [7, 11) is 4.86. The number of methoxy groups -OCH3 is 3. The van der Waals surface area contributed by atoms with Crippen molar-refractivity contribution < 1.29 is 23.8 Å². The molecule has 1 fully saturated rings. The summed E-state index contributed by atoms with van der Waals surface area (Å²) in [6, 6.07) is 20.6. The largest absolute Gasteiger partial charge is 0.497 e. The lowest BCUT2D eigenvalue weighted by molar-refractivity contribution is -0.130. The van der Waals surface area contributed by atoms with Gasteiger partial charge in [0.25, 0.3) is 0 Å². The first-order valence-corrected chi connectivity index (χ1v) is 15.8. The lowest BCUT2D eigenvalue weighted by Crippen LogP contribution is -2.43. The fourth-order valence-corrected chi connectivity index (χ4v) is 7.07. The molecule has 0 aliphatic carbocycles. The van der Waals surface area contributed by atoms with E-state index in [1.54, 1.807) is 30.9 Å². The third kappa shape index (κ3) is 5.71. The fraction of sp³-hybridized carbons (Fsp3) is 0.303. The topological polar surface area (TPSA) is 86.1 Å². The number of fused-ring (bicyclic) bond motifs is 1. The van der Waals surface area contributed by atoms with Crippen LogP contribution in [0, 0.1) is 0 Å². The van der Waals surface area contributed by atoms with E-state index in [9.17, 15) is 9.59 Å². The van der Waals surface area contributed by atoms with Crippen LogP contribution in [0.5, 0.6) is 17.2 Å². The summed E-state index contributed by atoms with van der Waals surface area (Å²) in [4.78, 5) is 31.1. The Bertz CT molecular complexity index is 1670. The normalized spacial score (nSPS) is 16.5.